The summed E-state index contributed by atoms with van der Waals surface area (Å²) in [7, 11) is 1.80. The first kappa shape index (κ1) is 14.7. The van der Waals surface area contributed by atoms with E-state index in [0.29, 0.717) is 21.5 Å². The van der Waals surface area contributed by atoms with E-state index in [2.05, 4.69) is 10.4 Å². The number of rotatable bonds is 2. The number of nitrogens with one attached hydrogen (secondary N) is 1. The van der Waals surface area contributed by atoms with Crippen LogP contribution in [-0.4, -0.2) is 20.8 Å². The molecule has 1 fully saturated rings. The van der Waals surface area contributed by atoms with E-state index in [-0.39, 0.29) is 5.91 Å². The summed E-state index contributed by atoms with van der Waals surface area (Å²) < 4.78 is 1.65. The van der Waals surface area contributed by atoms with Gasteiger partial charge in [-0.3, -0.25) is 9.48 Å². The molecule has 5 nitrogen and oxygen atoms in total. The largest absolute Gasteiger partial charge is 0.327 e. The van der Waals surface area contributed by atoms with E-state index in [4.69, 9.17) is 23.8 Å². The summed E-state index contributed by atoms with van der Waals surface area (Å²) >= 11 is 11.2. The molecule has 0 aliphatic carbocycles. The normalized spacial score (nSPS) is 16.5. The van der Waals surface area contributed by atoms with Gasteiger partial charge in [0, 0.05) is 18.3 Å². The van der Waals surface area contributed by atoms with Gasteiger partial charge in [0.15, 0.2) is 5.11 Å². The topological polar surface area (TPSA) is 50.2 Å². The van der Waals surface area contributed by atoms with Crippen molar-refractivity contribution >= 4 is 46.6 Å². The number of aromatic nitrogens is 2. The second-order valence-corrected chi connectivity index (χ2v) is 5.78. The summed E-state index contributed by atoms with van der Waals surface area (Å²) in [5, 5.41) is 8.14. The summed E-state index contributed by atoms with van der Waals surface area (Å²) in [5.41, 5.74) is 2.66. The summed E-state index contributed by atoms with van der Waals surface area (Å²) in [4.78, 5) is 14.1. The van der Waals surface area contributed by atoms with Gasteiger partial charge in [-0.1, -0.05) is 23.7 Å². The van der Waals surface area contributed by atoms with Crippen LogP contribution in [0.1, 0.15) is 11.3 Å². The molecule has 22 heavy (non-hydrogen) atoms. The van der Waals surface area contributed by atoms with Crippen LogP contribution in [0.5, 0.6) is 0 Å². The molecule has 7 heteroatoms. The van der Waals surface area contributed by atoms with Crippen molar-refractivity contribution < 1.29 is 4.79 Å². The Morgan fingerprint density at radius 1 is 1.41 bits per heavy atom. The number of amides is 1. The number of aryl methyl sites for hydroxylation is 2. The van der Waals surface area contributed by atoms with Crippen molar-refractivity contribution in [3.8, 4) is 0 Å². The van der Waals surface area contributed by atoms with E-state index in [1.807, 2.05) is 19.1 Å². The van der Waals surface area contributed by atoms with Crippen LogP contribution >= 0.6 is 23.8 Å². The van der Waals surface area contributed by atoms with Gasteiger partial charge in [-0.2, -0.15) is 5.10 Å². The van der Waals surface area contributed by atoms with Gasteiger partial charge < -0.3 is 5.32 Å². The third-order valence-corrected chi connectivity index (χ3v) is 3.79. The first-order chi connectivity index (χ1) is 10.5. The molecule has 1 saturated heterocycles. The van der Waals surface area contributed by atoms with Gasteiger partial charge in [-0.05, 0) is 42.9 Å². The predicted molar refractivity (Wildman–Crippen MR) is 90.6 cm³/mol. The number of hydrogen-bond donors (Lipinski definition) is 1. The predicted octanol–water partition coefficient (Wildman–Crippen LogP) is 2.64. The van der Waals surface area contributed by atoms with Crippen molar-refractivity contribution in [1.82, 2.24) is 15.1 Å². The Morgan fingerprint density at radius 2 is 2.18 bits per heavy atom. The Hall–Kier alpha value is -2.18. The Morgan fingerprint density at radius 3 is 2.82 bits per heavy atom. The van der Waals surface area contributed by atoms with Crippen LogP contribution in [-0.2, 0) is 11.8 Å². The third-order valence-electron chi connectivity index (χ3n) is 3.27. The minimum atomic E-state index is -0.207. The monoisotopic (exact) mass is 332 g/mol. The first-order valence-electron chi connectivity index (χ1n) is 6.58. The number of benzene rings is 1. The van der Waals surface area contributed by atoms with Crippen LogP contribution in [0.15, 0.2) is 36.2 Å². The highest BCUT2D eigenvalue weighted by Crippen LogP contribution is 2.25. The minimum absolute atomic E-state index is 0.207. The van der Waals surface area contributed by atoms with Crippen LogP contribution in [0.25, 0.3) is 6.08 Å². The fourth-order valence-electron chi connectivity index (χ4n) is 2.32. The third kappa shape index (κ3) is 2.63. The van der Waals surface area contributed by atoms with Crippen molar-refractivity contribution in [3.05, 3.63) is 52.4 Å². The van der Waals surface area contributed by atoms with Crippen molar-refractivity contribution in [2.45, 2.75) is 6.92 Å². The number of hydrogen-bond acceptors (Lipinski definition) is 3. The van der Waals surface area contributed by atoms with E-state index in [1.165, 1.54) is 4.90 Å². The fourth-order valence-corrected chi connectivity index (χ4v) is 2.81. The van der Waals surface area contributed by atoms with Crippen LogP contribution in [0.4, 0.5) is 5.69 Å². The molecule has 112 valence electrons. The average Bonchev–Trinajstić information content (AvgIpc) is 2.89. The molecule has 3 rings (SSSR count). The molecule has 0 bridgehead atoms. The van der Waals surface area contributed by atoms with Gasteiger partial charge in [-0.25, -0.2) is 4.90 Å². The highest BCUT2D eigenvalue weighted by Gasteiger charge is 2.33. The summed E-state index contributed by atoms with van der Waals surface area (Å²) in [6, 6.07) is 7.26. The van der Waals surface area contributed by atoms with E-state index in [1.54, 1.807) is 36.1 Å². The molecule has 1 aliphatic heterocycles. The molecule has 0 atom stereocenters. The van der Waals surface area contributed by atoms with Crippen LogP contribution in [0.2, 0.25) is 5.02 Å². The van der Waals surface area contributed by atoms with Crippen molar-refractivity contribution in [3.63, 3.8) is 0 Å². The highest BCUT2D eigenvalue weighted by molar-refractivity contribution is 7.80. The molecule has 0 unspecified atom stereocenters. The molecule has 1 amide bonds. The average molecular weight is 333 g/mol. The number of thiocarbonyl (C=S) groups is 1. The maximum absolute atomic E-state index is 12.6. The van der Waals surface area contributed by atoms with Gasteiger partial charge in [0.1, 0.15) is 5.70 Å². The SMILES string of the molecule is Cc1nn(C)cc1N1C(=O)/C(=C\c2cccc(Cl)c2)NC1=S. The lowest BCUT2D eigenvalue weighted by Gasteiger charge is -2.11. The maximum atomic E-state index is 12.6. The number of carbonyl (C=O) groups is 1. The molecule has 0 saturated carbocycles. The fraction of sp³-hybridized carbons (Fsp3) is 0.133. The number of carbonyl (C=O) groups excluding carboxylic acids is 1. The standard InChI is InChI=1S/C15H13ClN4OS/c1-9-13(8-19(2)18-9)20-14(21)12(17-15(20)22)7-10-4-3-5-11(16)6-10/h3-8H,1-2H3,(H,17,22)/b12-7+. The number of nitrogens with zero attached hydrogens (tertiary/aromatic N) is 3. The van der Waals surface area contributed by atoms with Crippen LogP contribution in [0.3, 0.4) is 0 Å². The molecule has 1 N–H and O–H groups in total. The lowest BCUT2D eigenvalue weighted by atomic mass is 10.2. The van der Waals surface area contributed by atoms with Gasteiger partial charge in [0.2, 0.25) is 0 Å². The maximum Gasteiger partial charge on any atom is 0.281 e. The Kier molecular flexibility index (Phi) is 3.72. The Balaban J connectivity index is 1.96. The second kappa shape index (κ2) is 5.55. The molecular weight excluding hydrogens is 320 g/mol. The van der Waals surface area contributed by atoms with Gasteiger partial charge in [-0.15, -0.1) is 0 Å². The zero-order chi connectivity index (χ0) is 15.9. The quantitative estimate of drug-likeness (QED) is 0.678. The molecule has 2 aromatic rings. The Bertz CT molecular complexity index is 812. The molecule has 2 heterocycles. The van der Waals surface area contributed by atoms with Gasteiger partial charge in [0.25, 0.3) is 5.91 Å². The highest BCUT2D eigenvalue weighted by atomic mass is 35.5. The molecule has 1 aromatic carbocycles. The first-order valence-corrected chi connectivity index (χ1v) is 7.37. The zero-order valence-corrected chi connectivity index (χ0v) is 13.6. The van der Waals surface area contributed by atoms with Gasteiger partial charge >= 0.3 is 0 Å². The van der Waals surface area contributed by atoms with Crippen LogP contribution < -0.4 is 10.2 Å². The lowest BCUT2D eigenvalue weighted by Crippen LogP contribution is -2.30. The van der Waals surface area contributed by atoms with Crippen molar-refractivity contribution in [2.75, 3.05) is 4.90 Å². The van der Waals surface area contributed by atoms with Crippen molar-refractivity contribution in [2.24, 2.45) is 7.05 Å². The van der Waals surface area contributed by atoms with Crippen LogP contribution in [0, 0.1) is 6.92 Å². The lowest BCUT2D eigenvalue weighted by molar-refractivity contribution is -0.113. The van der Waals surface area contributed by atoms with E-state index in [0.717, 1.165) is 11.3 Å². The molecule has 1 aromatic heterocycles. The molecule has 0 spiro atoms. The number of halogens is 1. The van der Waals surface area contributed by atoms with E-state index < -0.39 is 0 Å². The van der Waals surface area contributed by atoms with E-state index >= 15 is 0 Å². The van der Waals surface area contributed by atoms with E-state index in [9.17, 15) is 4.79 Å². The van der Waals surface area contributed by atoms with Crippen molar-refractivity contribution in [1.29, 1.82) is 0 Å². The molecular formula is C15H13ClN4OS. The zero-order valence-electron chi connectivity index (χ0n) is 12.0. The summed E-state index contributed by atoms with van der Waals surface area (Å²) in [6.07, 6.45) is 3.50. The van der Waals surface area contributed by atoms with Gasteiger partial charge in [0.05, 0.1) is 11.4 Å². The summed E-state index contributed by atoms with van der Waals surface area (Å²) in [5.74, 6) is -0.207. The second-order valence-electron chi connectivity index (χ2n) is 4.96. The summed E-state index contributed by atoms with van der Waals surface area (Å²) in [6.45, 7) is 1.84. The molecule has 1 aliphatic rings. The Labute approximate surface area is 138 Å². The number of anilines is 1. The minimum Gasteiger partial charge on any atom is -0.327 e. The smallest absolute Gasteiger partial charge is 0.281 e. The molecule has 0 radical (unpaired) electrons.